The van der Waals surface area contributed by atoms with E-state index in [1.165, 1.54) is 79.4 Å². The number of fused-ring (bicyclic) bond motifs is 1. The minimum atomic E-state index is -0.250. The van der Waals surface area contributed by atoms with Gasteiger partial charge in [-0.3, -0.25) is 0 Å². The summed E-state index contributed by atoms with van der Waals surface area (Å²) in [6.07, 6.45) is 13.9. The van der Waals surface area contributed by atoms with Crippen LogP contribution in [0.3, 0.4) is 0 Å². The van der Waals surface area contributed by atoms with Gasteiger partial charge in [0.05, 0.1) is 15.2 Å². The first-order valence-electron chi connectivity index (χ1n) is 9.18. The number of hydrogen-bond donors (Lipinski definition) is 1. The molecule has 1 aromatic carbocycles. The summed E-state index contributed by atoms with van der Waals surface area (Å²) in [6.45, 7) is 0. The first kappa shape index (κ1) is 17.7. The van der Waals surface area contributed by atoms with Crippen LogP contribution in [0.4, 0.5) is 0 Å². The van der Waals surface area contributed by atoms with Gasteiger partial charge >= 0.3 is 0 Å². The van der Waals surface area contributed by atoms with Gasteiger partial charge in [0.15, 0.2) is 11.5 Å². The Labute approximate surface area is 151 Å². The molecule has 1 heterocycles. The fourth-order valence-electron chi connectivity index (χ4n) is 4.25. The summed E-state index contributed by atoms with van der Waals surface area (Å²) >= 11 is 1.72. The normalized spacial score (nSPS) is 19.7. The van der Waals surface area contributed by atoms with Gasteiger partial charge in [-0.2, -0.15) is 4.21 Å². The van der Waals surface area contributed by atoms with Gasteiger partial charge in [-0.1, -0.05) is 50.7 Å². The van der Waals surface area contributed by atoms with Gasteiger partial charge in [-0.25, -0.2) is 9.76 Å². The largest absolute Gasteiger partial charge is 0.241 e. The van der Waals surface area contributed by atoms with Crippen LogP contribution in [0.15, 0.2) is 18.2 Å². The molecular weight excluding hydrogens is 336 g/mol. The number of para-hydroxylation sites is 1. The summed E-state index contributed by atoms with van der Waals surface area (Å²) in [5, 5.41) is 1.42. The highest BCUT2D eigenvalue weighted by atomic mass is 32.1. The number of hydrogen-bond acceptors (Lipinski definition) is 4. The highest BCUT2D eigenvalue weighted by Gasteiger charge is 2.22. The Bertz CT molecular complexity index is 694. The maximum absolute atomic E-state index is 8.51. The van der Waals surface area contributed by atoms with Crippen LogP contribution in [0.5, 0.6) is 0 Å². The number of nitrogens with one attached hydrogen (secondary N) is 1. The van der Waals surface area contributed by atoms with Crippen LogP contribution in [0, 0.1) is 4.78 Å². The van der Waals surface area contributed by atoms with Crippen LogP contribution in [0.2, 0.25) is 0 Å². The molecule has 1 N–H and O–H groups in total. The van der Waals surface area contributed by atoms with Gasteiger partial charge in [-0.15, -0.1) is 11.3 Å². The highest BCUT2D eigenvalue weighted by Crippen LogP contribution is 2.41. The van der Waals surface area contributed by atoms with E-state index in [2.05, 4.69) is 18.2 Å². The van der Waals surface area contributed by atoms with E-state index in [-0.39, 0.29) is 11.5 Å². The molecule has 0 atom stereocenters. The van der Waals surface area contributed by atoms with Gasteiger partial charge in [-0.05, 0) is 43.2 Å². The zero-order valence-corrected chi connectivity index (χ0v) is 15.8. The van der Waals surface area contributed by atoms with Crippen molar-refractivity contribution < 1.29 is 4.21 Å². The van der Waals surface area contributed by atoms with Crippen molar-refractivity contribution in [3.05, 3.63) is 28.8 Å². The molecule has 0 saturated heterocycles. The van der Waals surface area contributed by atoms with Crippen molar-refractivity contribution in [2.24, 2.45) is 0 Å². The second kappa shape index (κ2) is 8.86. The van der Waals surface area contributed by atoms with Crippen LogP contribution in [-0.2, 0) is 11.5 Å². The van der Waals surface area contributed by atoms with Crippen molar-refractivity contribution in [3.8, 4) is 0 Å². The predicted molar refractivity (Wildman–Crippen MR) is 102 cm³/mol. The summed E-state index contributed by atoms with van der Waals surface area (Å²) in [5.41, 5.74) is 2.89. The number of benzene rings is 1. The molecule has 2 saturated carbocycles. The first-order valence-corrected chi connectivity index (χ1v) is 10.7. The molecule has 1 aromatic heterocycles. The number of nitrogens with zero attached hydrogens (tertiary/aromatic N) is 1. The van der Waals surface area contributed by atoms with Crippen molar-refractivity contribution in [1.82, 2.24) is 4.98 Å². The van der Waals surface area contributed by atoms with Crippen LogP contribution >= 0.6 is 11.3 Å². The number of rotatable bonds is 2. The Morgan fingerprint density at radius 2 is 1.54 bits per heavy atom. The number of aromatic nitrogens is 1. The lowest BCUT2D eigenvalue weighted by atomic mass is 9.83. The quantitative estimate of drug-likeness (QED) is 0.676. The molecule has 2 aliphatic carbocycles. The molecule has 24 heavy (non-hydrogen) atoms. The van der Waals surface area contributed by atoms with Crippen molar-refractivity contribution in [1.29, 1.82) is 4.78 Å². The molecule has 2 fully saturated rings. The van der Waals surface area contributed by atoms with Gasteiger partial charge < -0.3 is 0 Å². The Morgan fingerprint density at radius 1 is 0.958 bits per heavy atom. The van der Waals surface area contributed by atoms with Crippen molar-refractivity contribution in [2.45, 2.75) is 76.0 Å². The van der Waals surface area contributed by atoms with Crippen molar-refractivity contribution in [2.75, 3.05) is 0 Å². The molecule has 4 rings (SSSR count). The van der Waals surface area contributed by atoms with Crippen LogP contribution in [0.1, 0.15) is 86.6 Å². The Hall–Kier alpha value is -1.07. The van der Waals surface area contributed by atoms with E-state index in [0.717, 1.165) is 11.8 Å². The topological polar surface area (TPSA) is 53.8 Å². The third kappa shape index (κ3) is 4.12. The van der Waals surface area contributed by atoms with Crippen LogP contribution in [0.25, 0.3) is 10.2 Å². The van der Waals surface area contributed by atoms with Gasteiger partial charge in [0.2, 0.25) is 0 Å². The average Bonchev–Trinajstić information content (AvgIpc) is 3.08. The molecule has 0 bridgehead atoms. The van der Waals surface area contributed by atoms with Crippen molar-refractivity contribution in [3.63, 3.8) is 0 Å². The molecule has 0 radical (unpaired) electrons. The van der Waals surface area contributed by atoms with E-state index in [9.17, 15) is 0 Å². The standard InChI is InChI=1S/C19H25NS.HNOS/c1-3-8-14(9-4-1)16-12-7-13-17-18(16)20-19(21-17)15-10-5-2-6-11-15;1-3-2/h7,12-15H,1-6,8-11H2;1H. The summed E-state index contributed by atoms with van der Waals surface area (Å²) in [4.78, 5) is 5.13. The van der Waals surface area contributed by atoms with Crippen LogP contribution in [-0.4, -0.2) is 9.19 Å². The van der Waals surface area contributed by atoms with Crippen LogP contribution < -0.4 is 0 Å². The monoisotopic (exact) mass is 362 g/mol. The van der Waals surface area contributed by atoms with Gasteiger partial charge in [0.1, 0.15) is 0 Å². The summed E-state index contributed by atoms with van der Waals surface area (Å²) in [7, 11) is 0. The predicted octanol–water partition coefficient (Wildman–Crippen LogP) is 6.35. The Balaban J connectivity index is 0.000000526. The molecule has 0 amide bonds. The molecule has 0 spiro atoms. The maximum Gasteiger partial charge on any atom is 0.196 e. The molecule has 3 nitrogen and oxygen atoms in total. The molecule has 130 valence electrons. The zero-order valence-electron chi connectivity index (χ0n) is 14.1. The third-order valence-electron chi connectivity index (χ3n) is 5.47. The third-order valence-corrected chi connectivity index (χ3v) is 6.65. The molecular formula is C19H26N2OS2. The Morgan fingerprint density at radius 3 is 2.17 bits per heavy atom. The van der Waals surface area contributed by atoms with E-state index in [1.54, 1.807) is 5.56 Å². The van der Waals surface area contributed by atoms with Gasteiger partial charge in [0.25, 0.3) is 0 Å². The molecule has 0 unspecified atom stereocenters. The van der Waals surface area contributed by atoms with Crippen molar-refractivity contribution >= 4 is 33.0 Å². The zero-order chi connectivity index (χ0) is 16.8. The minimum absolute atomic E-state index is 0.250. The smallest absolute Gasteiger partial charge is 0.196 e. The SMILES string of the molecule is N=S=O.c1cc(C2CCCCC2)c2nc(C3CCCCC3)sc2c1. The second-order valence-corrected chi connectivity index (χ2v) is 8.23. The van der Waals surface area contributed by atoms with E-state index in [4.69, 9.17) is 14.0 Å². The minimum Gasteiger partial charge on any atom is -0.241 e. The lowest BCUT2D eigenvalue weighted by Crippen LogP contribution is -2.06. The molecule has 0 aliphatic heterocycles. The fourth-order valence-corrected chi connectivity index (χ4v) is 5.43. The molecule has 2 aliphatic rings. The number of thiazole rings is 1. The molecule has 2 aromatic rings. The average molecular weight is 363 g/mol. The summed E-state index contributed by atoms with van der Waals surface area (Å²) in [6, 6.07) is 6.89. The second-order valence-electron chi connectivity index (χ2n) is 7.00. The fraction of sp³-hybridized carbons (Fsp3) is 0.632. The van der Waals surface area contributed by atoms with Gasteiger partial charge in [0, 0.05) is 5.92 Å². The summed E-state index contributed by atoms with van der Waals surface area (Å²) < 4.78 is 15.5. The lowest BCUT2D eigenvalue weighted by Gasteiger charge is -2.22. The lowest BCUT2D eigenvalue weighted by molar-refractivity contribution is 0.441. The van der Waals surface area contributed by atoms with E-state index >= 15 is 0 Å². The van der Waals surface area contributed by atoms with E-state index in [0.29, 0.717) is 0 Å². The first-order chi connectivity index (χ1) is 11.8. The Kier molecular flexibility index (Phi) is 6.55. The maximum atomic E-state index is 8.51. The van der Waals surface area contributed by atoms with E-state index < -0.39 is 0 Å². The molecule has 5 heteroatoms. The highest BCUT2D eigenvalue weighted by molar-refractivity contribution is 7.53. The summed E-state index contributed by atoms with van der Waals surface area (Å²) in [5.74, 6) is 1.51. The van der Waals surface area contributed by atoms with E-state index in [1.807, 2.05) is 11.3 Å².